The zero-order valence-electron chi connectivity index (χ0n) is 9.34. The van der Waals surface area contributed by atoms with E-state index in [1.54, 1.807) is 0 Å². The number of rotatable bonds is 3. The van der Waals surface area contributed by atoms with Crippen molar-refractivity contribution < 1.29 is 13.9 Å². The normalized spacial score (nSPS) is 9.83. The highest BCUT2D eigenvalue weighted by molar-refractivity contribution is 5.82. The van der Waals surface area contributed by atoms with Crippen LogP contribution in [0.1, 0.15) is 5.56 Å². The molecule has 1 heterocycles. The number of halogens is 1. The van der Waals surface area contributed by atoms with Gasteiger partial charge in [-0.2, -0.15) is 9.37 Å². The third-order valence-corrected chi connectivity index (χ3v) is 2.05. The van der Waals surface area contributed by atoms with E-state index >= 15 is 0 Å². The van der Waals surface area contributed by atoms with Gasteiger partial charge in [-0.3, -0.25) is 10.3 Å². The van der Waals surface area contributed by atoms with Gasteiger partial charge in [-0.25, -0.2) is 4.79 Å². The first kappa shape index (κ1) is 12.0. The van der Waals surface area contributed by atoms with Crippen molar-refractivity contribution in [3.8, 4) is 0 Å². The second-order valence-corrected chi connectivity index (χ2v) is 3.41. The Morgan fingerprint density at radius 2 is 2.06 bits per heavy atom. The number of nitrogens with one attached hydrogen (secondary N) is 1. The summed E-state index contributed by atoms with van der Waals surface area (Å²) >= 11 is 0. The van der Waals surface area contributed by atoms with E-state index in [-0.39, 0.29) is 12.4 Å². The van der Waals surface area contributed by atoms with Crippen molar-refractivity contribution in [1.29, 1.82) is 0 Å². The molecule has 1 aromatic heterocycles. The van der Waals surface area contributed by atoms with E-state index in [0.29, 0.717) is 0 Å². The molecule has 1 aromatic carbocycles. The topological polar surface area (TPSA) is 64.1 Å². The average molecular weight is 247 g/mol. The predicted octanol–water partition coefficient (Wildman–Crippen LogP) is 2.36. The van der Waals surface area contributed by atoms with Gasteiger partial charge in [0.15, 0.2) is 5.82 Å². The van der Waals surface area contributed by atoms with E-state index in [9.17, 15) is 9.18 Å². The summed E-state index contributed by atoms with van der Waals surface area (Å²) in [5, 5.41) is 2.28. The highest BCUT2D eigenvalue weighted by atomic mass is 19.1. The molecule has 18 heavy (non-hydrogen) atoms. The Bertz CT molecular complexity index is 534. The molecule has 0 aliphatic rings. The Balaban J connectivity index is 1.86. The second-order valence-electron chi connectivity index (χ2n) is 3.41. The zero-order valence-corrected chi connectivity index (χ0v) is 9.34. The van der Waals surface area contributed by atoms with E-state index in [1.165, 1.54) is 6.20 Å². The summed E-state index contributed by atoms with van der Waals surface area (Å²) in [6.07, 6.45) is 1.46. The summed E-state index contributed by atoms with van der Waals surface area (Å²) in [4.78, 5) is 18.3. The fraction of sp³-hybridized carbons (Fsp3) is 0.0833. The van der Waals surface area contributed by atoms with Crippen LogP contribution in [-0.2, 0) is 11.3 Å². The van der Waals surface area contributed by atoms with Crippen LogP contribution >= 0.6 is 0 Å². The molecule has 0 bridgehead atoms. The maximum Gasteiger partial charge on any atom is 0.413 e. The molecule has 0 fully saturated rings. The molecule has 92 valence electrons. The van der Waals surface area contributed by atoms with Crippen LogP contribution in [0.15, 0.2) is 42.7 Å². The molecular weight excluding hydrogens is 237 g/mol. The van der Waals surface area contributed by atoms with Gasteiger partial charge in [0.1, 0.15) is 6.61 Å². The van der Waals surface area contributed by atoms with Crippen LogP contribution in [0, 0.1) is 5.95 Å². The number of carbonyl (C=O) groups is 1. The smallest absolute Gasteiger partial charge is 0.413 e. The van der Waals surface area contributed by atoms with Crippen molar-refractivity contribution in [2.24, 2.45) is 0 Å². The standard InChI is InChI=1S/C12H10FN3O2/c13-10-6-14-7-11(15-10)16-12(17)18-8-9-4-2-1-3-5-9/h1-7H,8H2,(H,15,16,17). The summed E-state index contributed by atoms with van der Waals surface area (Å²) in [7, 11) is 0. The number of hydrogen-bond acceptors (Lipinski definition) is 4. The molecule has 6 heteroatoms. The van der Waals surface area contributed by atoms with Crippen LogP contribution in [-0.4, -0.2) is 16.1 Å². The summed E-state index contributed by atoms with van der Waals surface area (Å²) < 4.78 is 17.6. The fourth-order valence-corrected chi connectivity index (χ4v) is 1.27. The van der Waals surface area contributed by atoms with Gasteiger partial charge in [-0.15, -0.1) is 0 Å². The minimum absolute atomic E-state index is 0.00746. The fourth-order valence-electron chi connectivity index (χ4n) is 1.27. The van der Waals surface area contributed by atoms with Crippen LogP contribution in [0.3, 0.4) is 0 Å². The number of benzene rings is 1. The van der Waals surface area contributed by atoms with Gasteiger partial charge in [0.25, 0.3) is 0 Å². The highest BCUT2D eigenvalue weighted by Gasteiger charge is 2.05. The Kier molecular flexibility index (Phi) is 3.80. The van der Waals surface area contributed by atoms with Crippen molar-refractivity contribution in [3.05, 3.63) is 54.2 Å². The van der Waals surface area contributed by atoms with Gasteiger partial charge in [0.2, 0.25) is 5.95 Å². The molecule has 2 aromatic rings. The summed E-state index contributed by atoms with van der Waals surface area (Å²) in [5.41, 5.74) is 0.859. The quantitative estimate of drug-likeness (QED) is 0.904. The van der Waals surface area contributed by atoms with Gasteiger partial charge in [-0.05, 0) is 5.56 Å². The summed E-state index contributed by atoms with van der Waals surface area (Å²) in [6.45, 7) is 0.134. The maximum absolute atomic E-state index is 12.7. The van der Waals surface area contributed by atoms with Crippen LogP contribution in [0.2, 0.25) is 0 Å². The zero-order chi connectivity index (χ0) is 12.8. The average Bonchev–Trinajstić information content (AvgIpc) is 2.38. The van der Waals surface area contributed by atoms with Crippen molar-refractivity contribution in [1.82, 2.24) is 9.97 Å². The van der Waals surface area contributed by atoms with Gasteiger partial charge in [-0.1, -0.05) is 30.3 Å². The number of ether oxygens (including phenoxy) is 1. The molecule has 0 unspecified atom stereocenters. The first-order valence-corrected chi connectivity index (χ1v) is 5.19. The van der Waals surface area contributed by atoms with Crippen LogP contribution in [0.25, 0.3) is 0 Å². The van der Waals surface area contributed by atoms with E-state index in [1.807, 2.05) is 30.3 Å². The van der Waals surface area contributed by atoms with Crippen molar-refractivity contribution in [2.45, 2.75) is 6.61 Å². The first-order valence-electron chi connectivity index (χ1n) is 5.19. The number of amides is 1. The number of nitrogens with zero attached hydrogens (tertiary/aromatic N) is 2. The van der Waals surface area contributed by atoms with Crippen molar-refractivity contribution >= 4 is 11.9 Å². The van der Waals surface area contributed by atoms with Crippen molar-refractivity contribution in [2.75, 3.05) is 5.32 Å². The first-order chi connectivity index (χ1) is 8.74. The molecule has 0 spiro atoms. The van der Waals surface area contributed by atoms with E-state index in [4.69, 9.17) is 4.74 Å². The largest absolute Gasteiger partial charge is 0.444 e. The molecule has 1 amide bonds. The van der Waals surface area contributed by atoms with Gasteiger partial charge in [0, 0.05) is 0 Å². The minimum atomic E-state index is -0.768. The number of carbonyl (C=O) groups excluding carboxylic acids is 1. The molecule has 1 N–H and O–H groups in total. The molecular formula is C12H10FN3O2. The van der Waals surface area contributed by atoms with E-state index < -0.39 is 12.0 Å². The molecule has 0 saturated heterocycles. The van der Waals surface area contributed by atoms with E-state index in [2.05, 4.69) is 15.3 Å². The summed E-state index contributed by atoms with van der Waals surface area (Å²) in [6, 6.07) is 9.21. The third kappa shape index (κ3) is 3.51. The highest BCUT2D eigenvalue weighted by Crippen LogP contribution is 2.04. The second kappa shape index (κ2) is 5.72. The molecule has 0 aliphatic carbocycles. The Morgan fingerprint density at radius 3 is 2.78 bits per heavy atom. The van der Waals surface area contributed by atoms with Crippen molar-refractivity contribution in [3.63, 3.8) is 0 Å². The SMILES string of the molecule is O=C(Nc1cncc(F)n1)OCc1ccccc1. The maximum atomic E-state index is 12.7. The third-order valence-electron chi connectivity index (χ3n) is 2.05. The van der Waals surface area contributed by atoms with E-state index in [0.717, 1.165) is 11.8 Å². The predicted molar refractivity (Wildman–Crippen MR) is 62.2 cm³/mol. The van der Waals surface area contributed by atoms with Gasteiger partial charge in [0.05, 0.1) is 12.4 Å². The Hall–Kier alpha value is -2.50. The lowest BCUT2D eigenvalue weighted by Crippen LogP contribution is -2.15. The number of hydrogen-bond donors (Lipinski definition) is 1. The summed E-state index contributed by atoms with van der Waals surface area (Å²) in [5.74, 6) is -0.760. The molecule has 0 atom stereocenters. The molecule has 0 saturated carbocycles. The van der Waals surface area contributed by atoms with Crippen LogP contribution in [0.4, 0.5) is 15.0 Å². The number of anilines is 1. The lowest BCUT2D eigenvalue weighted by atomic mass is 10.2. The van der Waals surface area contributed by atoms with Gasteiger partial charge < -0.3 is 4.74 Å². The lowest BCUT2D eigenvalue weighted by molar-refractivity contribution is 0.155. The number of aromatic nitrogens is 2. The lowest BCUT2D eigenvalue weighted by Gasteiger charge is -2.05. The monoisotopic (exact) mass is 247 g/mol. The molecule has 2 rings (SSSR count). The van der Waals surface area contributed by atoms with Crippen LogP contribution in [0.5, 0.6) is 0 Å². The molecule has 5 nitrogen and oxygen atoms in total. The van der Waals surface area contributed by atoms with Crippen LogP contribution < -0.4 is 5.32 Å². The van der Waals surface area contributed by atoms with Gasteiger partial charge >= 0.3 is 6.09 Å². The molecule has 0 radical (unpaired) electrons. The molecule has 0 aliphatic heterocycles. The minimum Gasteiger partial charge on any atom is -0.444 e. The Labute approximate surface area is 103 Å². The Morgan fingerprint density at radius 1 is 1.28 bits per heavy atom.